The van der Waals surface area contributed by atoms with Crippen LogP contribution in [0.2, 0.25) is 0 Å². The van der Waals surface area contributed by atoms with E-state index in [2.05, 4.69) is 13.8 Å². The number of hydrogen-bond acceptors (Lipinski definition) is 2. The van der Waals surface area contributed by atoms with Gasteiger partial charge in [0.2, 0.25) is 0 Å². The highest BCUT2D eigenvalue weighted by atomic mass is 16.4. The van der Waals surface area contributed by atoms with Gasteiger partial charge in [0.05, 0.1) is 0 Å². The maximum atomic E-state index is 12.9. The fourth-order valence-corrected chi connectivity index (χ4v) is 4.84. The number of benzene rings is 4. The molecule has 0 radical (unpaired) electrons. The molecular formula is C30H30O2. The van der Waals surface area contributed by atoms with Gasteiger partial charge in [-0.1, -0.05) is 123 Å². The van der Waals surface area contributed by atoms with Crippen molar-refractivity contribution < 1.29 is 10.2 Å². The average molecular weight is 423 g/mol. The minimum Gasteiger partial charge on any atom is -0.377 e. The molecule has 2 unspecified atom stereocenters. The van der Waals surface area contributed by atoms with Crippen molar-refractivity contribution in [2.24, 2.45) is 0 Å². The second kappa shape index (κ2) is 9.12. The molecule has 4 aromatic rings. The average Bonchev–Trinajstić information content (AvgIpc) is 2.88. The Balaban J connectivity index is 2.17. The largest absolute Gasteiger partial charge is 0.377 e. The van der Waals surface area contributed by atoms with E-state index in [1.165, 1.54) is 0 Å². The van der Waals surface area contributed by atoms with Gasteiger partial charge in [0, 0.05) is 0 Å². The van der Waals surface area contributed by atoms with Gasteiger partial charge in [-0.05, 0) is 46.2 Å². The molecule has 2 atom stereocenters. The molecule has 162 valence electrons. The smallest absolute Gasteiger partial charge is 0.152 e. The molecule has 2 nitrogen and oxygen atoms in total. The summed E-state index contributed by atoms with van der Waals surface area (Å²) < 4.78 is 0. The summed E-state index contributed by atoms with van der Waals surface area (Å²) in [5, 5.41) is 25.7. The first-order chi connectivity index (χ1) is 15.6. The van der Waals surface area contributed by atoms with Crippen LogP contribution in [0.1, 0.15) is 47.2 Å². The molecule has 2 N–H and O–H groups in total. The third-order valence-corrected chi connectivity index (χ3v) is 6.48. The molecule has 0 aromatic heterocycles. The Morgan fingerprint density at radius 2 is 0.781 bits per heavy atom. The van der Waals surface area contributed by atoms with Crippen LogP contribution in [0.5, 0.6) is 0 Å². The van der Waals surface area contributed by atoms with E-state index in [4.69, 9.17) is 0 Å². The van der Waals surface area contributed by atoms with Crippen LogP contribution in [0.25, 0.3) is 0 Å². The van der Waals surface area contributed by atoms with Crippen molar-refractivity contribution >= 4 is 0 Å². The summed E-state index contributed by atoms with van der Waals surface area (Å²) >= 11 is 0. The summed E-state index contributed by atoms with van der Waals surface area (Å²) in [5.41, 5.74) is 1.30. The van der Waals surface area contributed by atoms with E-state index in [1.54, 1.807) is 0 Å². The summed E-state index contributed by atoms with van der Waals surface area (Å²) in [5.74, 6) is 0. The van der Waals surface area contributed by atoms with Gasteiger partial charge in [0.15, 0.2) is 11.2 Å². The second-order valence-corrected chi connectivity index (χ2v) is 8.17. The molecule has 0 saturated heterocycles. The van der Waals surface area contributed by atoms with Gasteiger partial charge in [-0.15, -0.1) is 0 Å². The minimum absolute atomic E-state index is 0.651. The van der Waals surface area contributed by atoms with Crippen LogP contribution in [-0.4, -0.2) is 10.2 Å². The standard InChI is InChI=1S/C30H30O2/c1-3-23-15-11-13-21-27(23)29(31,25-17-7-5-8-18-25)30(32,26-19-9-6-10-20-26)28-22-14-12-16-24(28)4-2/h5-22,31-32H,3-4H2,1-2H3. The number of rotatable bonds is 7. The molecule has 0 aliphatic rings. The number of aliphatic hydroxyl groups is 2. The Labute approximate surface area is 190 Å². The van der Waals surface area contributed by atoms with Crippen molar-refractivity contribution in [1.82, 2.24) is 0 Å². The van der Waals surface area contributed by atoms with Gasteiger partial charge in [-0.3, -0.25) is 0 Å². The van der Waals surface area contributed by atoms with Crippen molar-refractivity contribution in [1.29, 1.82) is 0 Å². The van der Waals surface area contributed by atoms with E-state index in [1.807, 2.05) is 109 Å². The Bertz CT molecular complexity index is 1070. The SMILES string of the molecule is CCc1ccccc1C(O)(c1ccccc1)C(O)(c1ccccc1)c1ccccc1CC. The van der Waals surface area contributed by atoms with Crippen LogP contribution in [0.3, 0.4) is 0 Å². The fraction of sp³-hybridized carbons (Fsp3) is 0.200. The lowest BCUT2D eigenvalue weighted by molar-refractivity contribution is -0.113. The lowest BCUT2D eigenvalue weighted by Crippen LogP contribution is -2.52. The predicted octanol–water partition coefficient (Wildman–Crippen LogP) is 5.98. The van der Waals surface area contributed by atoms with Crippen LogP contribution in [0, 0.1) is 0 Å². The minimum atomic E-state index is -1.71. The normalized spacial score (nSPS) is 15.0. The van der Waals surface area contributed by atoms with Crippen LogP contribution in [0.4, 0.5) is 0 Å². The number of hydrogen-bond donors (Lipinski definition) is 2. The first-order valence-corrected chi connectivity index (χ1v) is 11.3. The topological polar surface area (TPSA) is 40.5 Å². The lowest BCUT2D eigenvalue weighted by atomic mass is 9.64. The molecule has 32 heavy (non-hydrogen) atoms. The van der Waals surface area contributed by atoms with Crippen molar-refractivity contribution in [2.75, 3.05) is 0 Å². The third kappa shape index (κ3) is 3.46. The maximum Gasteiger partial charge on any atom is 0.152 e. The third-order valence-electron chi connectivity index (χ3n) is 6.48. The van der Waals surface area contributed by atoms with Crippen molar-refractivity contribution in [3.63, 3.8) is 0 Å². The molecule has 2 heteroatoms. The first-order valence-electron chi connectivity index (χ1n) is 11.3. The first kappa shape index (κ1) is 22.0. The van der Waals surface area contributed by atoms with E-state index in [9.17, 15) is 10.2 Å². The zero-order chi connectivity index (χ0) is 22.6. The van der Waals surface area contributed by atoms with Gasteiger partial charge in [-0.25, -0.2) is 0 Å². The van der Waals surface area contributed by atoms with Crippen molar-refractivity contribution in [2.45, 2.75) is 37.9 Å². The monoisotopic (exact) mass is 422 g/mol. The molecule has 0 fully saturated rings. The lowest BCUT2D eigenvalue weighted by Gasteiger charge is -2.46. The van der Waals surface area contributed by atoms with Gasteiger partial charge < -0.3 is 10.2 Å². The van der Waals surface area contributed by atoms with Gasteiger partial charge in [0.25, 0.3) is 0 Å². The zero-order valence-corrected chi connectivity index (χ0v) is 18.7. The molecule has 0 spiro atoms. The van der Waals surface area contributed by atoms with Gasteiger partial charge in [-0.2, -0.15) is 0 Å². The van der Waals surface area contributed by atoms with E-state index < -0.39 is 11.2 Å². The summed E-state index contributed by atoms with van der Waals surface area (Å²) in [6.07, 6.45) is 1.48. The summed E-state index contributed by atoms with van der Waals surface area (Å²) in [7, 11) is 0. The van der Waals surface area contributed by atoms with Crippen molar-refractivity contribution in [3.8, 4) is 0 Å². The molecule has 0 amide bonds. The Morgan fingerprint density at radius 3 is 1.12 bits per heavy atom. The van der Waals surface area contributed by atoms with E-state index in [0.717, 1.165) is 24.0 Å². The fourth-order valence-electron chi connectivity index (χ4n) is 4.84. The molecule has 0 aliphatic heterocycles. The van der Waals surface area contributed by atoms with Gasteiger partial charge >= 0.3 is 0 Å². The molecule has 0 bridgehead atoms. The van der Waals surface area contributed by atoms with Crippen LogP contribution >= 0.6 is 0 Å². The molecular weight excluding hydrogens is 392 g/mol. The summed E-state index contributed by atoms with van der Waals surface area (Å²) in [4.78, 5) is 0. The molecule has 0 heterocycles. The second-order valence-electron chi connectivity index (χ2n) is 8.17. The highest BCUT2D eigenvalue weighted by Gasteiger charge is 2.55. The Kier molecular flexibility index (Phi) is 6.27. The molecule has 0 saturated carbocycles. The van der Waals surface area contributed by atoms with Crippen LogP contribution in [0.15, 0.2) is 109 Å². The van der Waals surface area contributed by atoms with Crippen molar-refractivity contribution in [3.05, 3.63) is 143 Å². The quantitative estimate of drug-likeness (QED) is 0.384. The summed E-state index contributed by atoms with van der Waals surface area (Å²) in [6, 6.07) is 34.8. The van der Waals surface area contributed by atoms with E-state index in [-0.39, 0.29) is 0 Å². The Morgan fingerprint density at radius 1 is 0.469 bits per heavy atom. The molecule has 4 aromatic carbocycles. The highest BCUT2D eigenvalue weighted by molar-refractivity contribution is 5.54. The highest BCUT2D eigenvalue weighted by Crippen LogP contribution is 2.51. The molecule has 0 aliphatic carbocycles. The van der Waals surface area contributed by atoms with Crippen LogP contribution < -0.4 is 0 Å². The maximum absolute atomic E-state index is 12.9. The van der Waals surface area contributed by atoms with Gasteiger partial charge in [0.1, 0.15) is 0 Å². The van der Waals surface area contributed by atoms with E-state index >= 15 is 0 Å². The van der Waals surface area contributed by atoms with E-state index in [0.29, 0.717) is 22.3 Å². The zero-order valence-electron chi connectivity index (χ0n) is 18.7. The number of aryl methyl sites for hydroxylation is 2. The predicted molar refractivity (Wildman–Crippen MR) is 131 cm³/mol. The molecule has 4 rings (SSSR count). The van der Waals surface area contributed by atoms with Crippen LogP contribution in [-0.2, 0) is 24.0 Å². The Hall–Kier alpha value is -3.20. The summed E-state index contributed by atoms with van der Waals surface area (Å²) in [6.45, 7) is 4.15.